The van der Waals surface area contributed by atoms with Crippen LogP contribution in [0, 0.1) is 0 Å². The lowest BCUT2D eigenvalue weighted by Crippen LogP contribution is -2.42. The average Bonchev–Trinajstić information content (AvgIpc) is 2.63. The Morgan fingerprint density at radius 2 is 2.35 bits per heavy atom. The van der Waals surface area contributed by atoms with E-state index in [0.717, 1.165) is 5.69 Å². The van der Waals surface area contributed by atoms with Gasteiger partial charge in [0.1, 0.15) is 0 Å². The molecule has 0 fully saturated rings. The first-order chi connectivity index (χ1) is 8.00. The minimum atomic E-state index is -1.08. The normalized spacial score (nSPS) is 12.1. The van der Waals surface area contributed by atoms with E-state index in [4.69, 9.17) is 10.8 Å². The topological polar surface area (TPSA) is 110 Å². The van der Waals surface area contributed by atoms with Gasteiger partial charge in [0.2, 0.25) is 5.91 Å². The summed E-state index contributed by atoms with van der Waals surface area (Å²) in [7, 11) is 1.81. The fraction of sp³-hybridized carbons (Fsp3) is 0.500. The molecule has 1 heterocycles. The maximum atomic E-state index is 11.4. The van der Waals surface area contributed by atoms with E-state index < -0.39 is 17.9 Å². The number of aryl methyl sites for hydroxylation is 1. The number of nitrogens with two attached hydrogens (primary N) is 1. The quantitative estimate of drug-likeness (QED) is 0.583. The van der Waals surface area contributed by atoms with E-state index in [0.29, 0.717) is 13.0 Å². The molecule has 0 aliphatic carbocycles. The van der Waals surface area contributed by atoms with Gasteiger partial charge in [-0.05, 0) is 6.07 Å². The van der Waals surface area contributed by atoms with Gasteiger partial charge < -0.3 is 16.2 Å². The Labute approximate surface area is 98.6 Å². The van der Waals surface area contributed by atoms with E-state index in [-0.39, 0.29) is 6.42 Å². The van der Waals surface area contributed by atoms with Crippen LogP contribution in [0.1, 0.15) is 12.1 Å². The molecule has 0 aromatic carbocycles. The molecule has 1 rings (SSSR count). The second kappa shape index (κ2) is 6.00. The summed E-state index contributed by atoms with van der Waals surface area (Å²) in [5.74, 6) is -1.53. The van der Waals surface area contributed by atoms with Gasteiger partial charge in [0.05, 0.1) is 12.5 Å². The van der Waals surface area contributed by atoms with Crippen LogP contribution in [0.4, 0.5) is 0 Å². The van der Waals surface area contributed by atoms with E-state index in [9.17, 15) is 9.59 Å². The van der Waals surface area contributed by atoms with Gasteiger partial charge in [-0.1, -0.05) is 0 Å². The number of nitrogens with one attached hydrogen (secondary N) is 1. The number of nitrogens with zero attached hydrogens (tertiary/aromatic N) is 2. The highest BCUT2D eigenvalue weighted by molar-refractivity contribution is 5.85. The first-order valence-corrected chi connectivity index (χ1v) is 5.22. The summed E-state index contributed by atoms with van der Waals surface area (Å²) < 4.78 is 1.71. The van der Waals surface area contributed by atoms with Crippen molar-refractivity contribution in [1.82, 2.24) is 15.1 Å². The molecule has 7 heteroatoms. The van der Waals surface area contributed by atoms with E-state index in [1.54, 1.807) is 10.9 Å². The molecule has 0 aliphatic rings. The van der Waals surface area contributed by atoms with Crippen LogP contribution in [0.5, 0.6) is 0 Å². The third-order valence-electron chi connectivity index (χ3n) is 2.33. The van der Waals surface area contributed by atoms with E-state index in [1.165, 1.54) is 0 Å². The first-order valence-electron chi connectivity index (χ1n) is 5.22. The maximum Gasteiger partial charge on any atom is 0.305 e. The van der Waals surface area contributed by atoms with Crippen molar-refractivity contribution in [1.29, 1.82) is 0 Å². The molecule has 7 nitrogen and oxygen atoms in total. The predicted molar refractivity (Wildman–Crippen MR) is 60.1 cm³/mol. The van der Waals surface area contributed by atoms with Gasteiger partial charge >= 0.3 is 5.97 Å². The molecule has 1 atom stereocenters. The number of amides is 1. The lowest BCUT2D eigenvalue weighted by molar-refractivity contribution is -0.139. The second-order valence-electron chi connectivity index (χ2n) is 3.69. The molecule has 1 amide bonds. The molecular formula is C10H16N4O3. The third kappa shape index (κ3) is 4.23. The molecular weight excluding hydrogens is 224 g/mol. The fourth-order valence-corrected chi connectivity index (χ4v) is 1.37. The summed E-state index contributed by atoms with van der Waals surface area (Å²) >= 11 is 0. The van der Waals surface area contributed by atoms with Gasteiger partial charge in [0.15, 0.2) is 0 Å². The molecule has 94 valence electrons. The summed E-state index contributed by atoms with van der Waals surface area (Å²) in [6, 6.07) is 0.850. The number of carbonyl (C=O) groups excluding carboxylic acids is 1. The van der Waals surface area contributed by atoms with Crippen LogP contribution in [0.2, 0.25) is 0 Å². The highest BCUT2D eigenvalue weighted by Gasteiger charge is 2.16. The lowest BCUT2D eigenvalue weighted by Gasteiger charge is -2.10. The molecule has 0 saturated carbocycles. The van der Waals surface area contributed by atoms with Crippen molar-refractivity contribution < 1.29 is 14.7 Å². The summed E-state index contributed by atoms with van der Waals surface area (Å²) in [5.41, 5.74) is 6.38. The zero-order chi connectivity index (χ0) is 12.8. The number of aromatic nitrogens is 2. The predicted octanol–water partition coefficient (Wildman–Crippen LogP) is -1.12. The van der Waals surface area contributed by atoms with Crippen LogP contribution in [0.15, 0.2) is 12.3 Å². The van der Waals surface area contributed by atoms with Crippen LogP contribution in [0.3, 0.4) is 0 Å². The minimum absolute atomic E-state index is 0.364. The number of aliphatic carboxylic acids is 1. The van der Waals surface area contributed by atoms with Gasteiger partial charge in [-0.25, -0.2) is 0 Å². The zero-order valence-electron chi connectivity index (χ0n) is 9.59. The van der Waals surface area contributed by atoms with Gasteiger partial charge in [-0.15, -0.1) is 0 Å². The smallest absolute Gasteiger partial charge is 0.305 e. The van der Waals surface area contributed by atoms with Crippen LogP contribution in [0.25, 0.3) is 0 Å². The Morgan fingerprint density at radius 1 is 1.65 bits per heavy atom. The van der Waals surface area contributed by atoms with Gasteiger partial charge in [-0.3, -0.25) is 14.3 Å². The monoisotopic (exact) mass is 240 g/mol. The second-order valence-corrected chi connectivity index (χ2v) is 3.69. The molecule has 1 aromatic rings. The SMILES string of the molecule is Cn1nccc1CCNC(=O)C(N)CC(=O)O. The largest absolute Gasteiger partial charge is 0.481 e. The van der Waals surface area contributed by atoms with Crippen LogP contribution >= 0.6 is 0 Å². The third-order valence-corrected chi connectivity index (χ3v) is 2.33. The van der Waals surface area contributed by atoms with Crippen molar-refractivity contribution in [3.8, 4) is 0 Å². The number of carboxylic acids is 1. The molecule has 17 heavy (non-hydrogen) atoms. The molecule has 0 aliphatic heterocycles. The number of hydrogen-bond donors (Lipinski definition) is 3. The average molecular weight is 240 g/mol. The number of rotatable bonds is 6. The van der Waals surface area contributed by atoms with Crippen molar-refractivity contribution in [2.24, 2.45) is 12.8 Å². The van der Waals surface area contributed by atoms with Crippen molar-refractivity contribution in [2.75, 3.05) is 6.54 Å². The van der Waals surface area contributed by atoms with Crippen molar-refractivity contribution in [3.05, 3.63) is 18.0 Å². The van der Waals surface area contributed by atoms with E-state index in [1.807, 2.05) is 13.1 Å². The Hall–Kier alpha value is -1.89. The summed E-state index contributed by atoms with van der Waals surface area (Å²) in [4.78, 5) is 21.7. The lowest BCUT2D eigenvalue weighted by atomic mass is 10.2. The fourth-order valence-electron chi connectivity index (χ4n) is 1.37. The van der Waals surface area contributed by atoms with Crippen LogP contribution < -0.4 is 11.1 Å². The Balaban J connectivity index is 2.29. The number of carboxylic acid groups (broad SMARTS) is 1. The van der Waals surface area contributed by atoms with Crippen molar-refractivity contribution >= 4 is 11.9 Å². The van der Waals surface area contributed by atoms with E-state index >= 15 is 0 Å². The molecule has 0 radical (unpaired) electrons. The number of hydrogen-bond acceptors (Lipinski definition) is 4. The number of carbonyl (C=O) groups is 2. The van der Waals surface area contributed by atoms with Gasteiger partial charge in [0, 0.05) is 31.9 Å². The summed E-state index contributed by atoms with van der Waals surface area (Å²) in [6.07, 6.45) is 1.94. The van der Waals surface area contributed by atoms with Crippen molar-refractivity contribution in [3.63, 3.8) is 0 Å². The standard InChI is InChI=1S/C10H16N4O3/c1-14-7(3-5-13-14)2-4-12-10(17)8(11)6-9(15)16/h3,5,8H,2,4,6,11H2,1H3,(H,12,17)(H,15,16). The summed E-state index contributed by atoms with van der Waals surface area (Å²) in [5, 5.41) is 15.0. The Bertz CT molecular complexity index is 402. The highest BCUT2D eigenvalue weighted by Crippen LogP contribution is 1.96. The summed E-state index contributed by atoms with van der Waals surface area (Å²) in [6.45, 7) is 0.408. The van der Waals surface area contributed by atoms with Gasteiger partial charge in [0.25, 0.3) is 0 Å². The maximum absolute atomic E-state index is 11.4. The molecule has 1 unspecified atom stereocenters. The molecule has 0 bridgehead atoms. The Kier molecular flexibility index (Phi) is 4.65. The molecule has 0 spiro atoms. The minimum Gasteiger partial charge on any atom is -0.481 e. The molecule has 1 aromatic heterocycles. The molecule has 4 N–H and O–H groups in total. The van der Waals surface area contributed by atoms with E-state index in [2.05, 4.69) is 10.4 Å². The Morgan fingerprint density at radius 3 is 2.88 bits per heavy atom. The first kappa shape index (κ1) is 13.2. The van der Waals surface area contributed by atoms with Crippen LogP contribution in [-0.4, -0.2) is 39.4 Å². The van der Waals surface area contributed by atoms with Crippen molar-refractivity contribution in [2.45, 2.75) is 18.9 Å². The van der Waals surface area contributed by atoms with Crippen LogP contribution in [-0.2, 0) is 23.1 Å². The van der Waals surface area contributed by atoms with Gasteiger partial charge in [-0.2, -0.15) is 5.10 Å². The zero-order valence-corrected chi connectivity index (χ0v) is 9.59. The highest BCUT2D eigenvalue weighted by atomic mass is 16.4. The molecule has 0 saturated heterocycles.